The topological polar surface area (TPSA) is 55.4 Å². The standard InChI is InChI=1S/C13H14ClNO3/c1-3-18-13(17)7-4-10-8-11(14)5-6-12(10)15-9(2)16/h4-8H,3H2,1-2H3,(H,15,16)/b7-4+. The third-order valence-corrected chi connectivity index (χ3v) is 2.24. The summed E-state index contributed by atoms with van der Waals surface area (Å²) in [6, 6.07) is 4.99. The number of carbonyl (C=O) groups excluding carboxylic acids is 2. The van der Waals surface area contributed by atoms with Gasteiger partial charge in [0.05, 0.1) is 6.61 Å². The third kappa shape index (κ3) is 4.59. The second-order valence-electron chi connectivity index (χ2n) is 3.50. The van der Waals surface area contributed by atoms with Gasteiger partial charge in [-0.3, -0.25) is 4.79 Å². The SMILES string of the molecule is CCOC(=O)/C=C/c1cc(Cl)ccc1NC(C)=O. The smallest absolute Gasteiger partial charge is 0.330 e. The van der Waals surface area contributed by atoms with Crippen LogP contribution in [0.25, 0.3) is 6.08 Å². The van der Waals surface area contributed by atoms with Gasteiger partial charge in [-0.25, -0.2) is 4.79 Å². The van der Waals surface area contributed by atoms with Gasteiger partial charge in [0.2, 0.25) is 5.91 Å². The lowest BCUT2D eigenvalue weighted by molar-refractivity contribution is -0.137. The molecule has 0 unspecified atom stereocenters. The molecule has 0 radical (unpaired) electrons. The van der Waals surface area contributed by atoms with Gasteiger partial charge in [0, 0.05) is 23.7 Å². The average Bonchev–Trinajstić information content (AvgIpc) is 2.29. The molecule has 0 heterocycles. The van der Waals surface area contributed by atoms with Gasteiger partial charge in [-0.05, 0) is 36.8 Å². The predicted octanol–water partition coefficient (Wildman–Crippen LogP) is 2.87. The van der Waals surface area contributed by atoms with Gasteiger partial charge in [0.15, 0.2) is 0 Å². The summed E-state index contributed by atoms with van der Waals surface area (Å²) in [4.78, 5) is 22.2. The first-order chi connectivity index (χ1) is 8.52. The van der Waals surface area contributed by atoms with E-state index in [0.717, 1.165) is 0 Å². The van der Waals surface area contributed by atoms with Crippen LogP contribution in [0.4, 0.5) is 5.69 Å². The number of amides is 1. The fraction of sp³-hybridized carbons (Fsp3) is 0.231. The minimum absolute atomic E-state index is 0.192. The zero-order valence-corrected chi connectivity index (χ0v) is 11.0. The summed E-state index contributed by atoms with van der Waals surface area (Å²) >= 11 is 5.87. The van der Waals surface area contributed by atoms with Gasteiger partial charge in [-0.2, -0.15) is 0 Å². The summed E-state index contributed by atoms with van der Waals surface area (Å²) in [5.41, 5.74) is 1.23. The Balaban J connectivity index is 2.94. The fourth-order valence-corrected chi connectivity index (χ4v) is 1.50. The second-order valence-corrected chi connectivity index (χ2v) is 3.93. The van der Waals surface area contributed by atoms with Gasteiger partial charge in [0.25, 0.3) is 0 Å². The maximum Gasteiger partial charge on any atom is 0.330 e. The molecule has 0 aliphatic carbocycles. The number of hydrogen-bond acceptors (Lipinski definition) is 3. The van der Waals surface area contributed by atoms with E-state index in [2.05, 4.69) is 5.32 Å². The Kier molecular flexibility index (Phi) is 5.39. The Bertz CT molecular complexity index is 483. The number of nitrogens with one attached hydrogen (secondary N) is 1. The lowest BCUT2D eigenvalue weighted by atomic mass is 10.1. The Morgan fingerprint density at radius 3 is 2.78 bits per heavy atom. The summed E-state index contributed by atoms with van der Waals surface area (Å²) in [5, 5.41) is 3.18. The molecule has 0 aliphatic heterocycles. The number of halogens is 1. The zero-order chi connectivity index (χ0) is 13.5. The van der Waals surface area contributed by atoms with Crippen LogP contribution in [0.2, 0.25) is 5.02 Å². The van der Waals surface area contributed by atoms with E-state index in [1.54, 1.807) is 31.2 Å². The van der Waals surface area contributed by atoms with E-state index in [1.807, 2.05) is 0 Å². The number of hydrogen-bond donors (Lipinski definition) is 1. The van der Waals surface area contributed by atoms with Crippen LogP contribution < -0.4 is 5.32 Å². The molecule has 5 heteroatoms. The van der Waals surface area contributed by atoms with Crippen LogP contribution in [0.1, 0.15) is 19.4 Å². The van der Waals surface area contributed by atoms with Crippen molar-refractivity contribution in [2.45, 2.75) is 13.8 Å². The fourth-order valence-electron chi connectivity index (χ4n) is 1.32. The normalized spacial score (nSPS) is 10.4. The van der Waals surface area contributed by atoms with Crippen molar-refractivity contribution in [3.63, 3.8) is 0 Å². The molecule has 0 atom stereocenters. The second kappa shape index (κ2) is 6.81. The van der Waals surface area contributed by atoms with Crippen molar-refractivity contribution in [3.05, 3.63) is 34.9 Å². The molecule has 0 spiro atoms. The van der Waals surface area contributed by atoms with E-state index in [-0.39, 0.29) is 5.91 Å². The molecule has 1 rings (SSSR count). The van der Waals surface area contributed by atoms with Crippen molar-refractivity contribution in [1.82, 2.24) is 0 Å². The van der Waals surface area contributed by atoms with Crippen molar-refractivity contribution < 1.29 is 14.3 Å². The lowest BCUT2D eigenvalue weighted by Crippen LogP contribution is -2.07. The molecule has 0 bridgehead atoms. The summed E-state index contributed by atoms with van der Waals surface area (Å²) < 4.78 is 4.77. The number of benzene rings is 1. The van der Waals surface area contributed by atoms with E-state index in [4.69, 9.17) is 16.3 Å². The first-order valence-electron chi connectivity index (χ1n) is 5.45. The number of carbonyl (C=O) groups is 2. The molecular formula is C13H14ClNO3. The predicted molar refractivity (Wildman–Crippen MR) is 71.4 cm³/mol. The largest absolute Gasteiger partial charge is 0.463 e. The van der Waals surface area contributed by atoms with E-state index >= 15 is 0 Å². The maximum atomic E-state index is 11.2. The average molecular weight is 268 g/mol. The Labute approximate surface area is 111 Å². The number of rotatable bonds is 4. The van der Waals surface area contributed by atoms with Gasteiger partial charge < -0.3 is 10.1 Å². The number of ether oxygens (including phenoxy) is 1. The summed E-state index contributed by atoms with van der Waals surface area (Å²) in [6.45, 7) is 3.46. The van der Waals surface area contributed by atoms with Crippen LogP contribution in [-0.4, -0.2) is 18.5 Å². The molecule has 0 aliphatic rings. The molecule has 0 aromatic heterocycles. The molecular weight excluding hydrogens is 254 g/mol. The maximum absolute atomic E-state index is 11.2. The monoisotopic (exact) mass is 267 g/mol. The molecule has 1 aromatic rings. The Morgan fingerprint density at radius 2 is 2.17 bits per heavy atom. The summed E-state index contributed by atoms with van der Waals surface area (Å²) in [5.74, 6) is -0.630. The van der Waals surface area contributed by atoms with E-state index < -0.39 is 5.97 Å². The van der Waals surface area contributed by atoms with Crippen molar-refractivity contribution in [3.8, 4) is 0 Å². The molecule has 1 N–H and O–H groups in total. The molecule has 96 valence electrons. The van der Waals surface area contributed by atoms with Gasteiger partial charge >= 0.3 is 5.97 Å². The Hall–Kier alpha value is -1.81. The number of anilines is 1. The molecule has 0 fully saturated rings. The lowest BCUT2D eigenvalue weighted by Gasteiger charge is -2.06. The van der Waals surface area contributed by atoms with Gasteiger partial charge in [0.1, 0.15) is 0 Å². The molecule has 18 heavy (non-hydrogen) atoms. The zero-order valence-electron chi connectivity index (χ0n) is 10.2. The van der Waals surface area contributed by atoms with Crippen LogP contribution in [0, 0.1) is 0 Å². The summed E-state index contributed by atoms with van der Waals surface area (Å²) in [7, 11) is 0. The van der Waals surface area contributed by atoms with E-state index in [1.165, 1.54) is 13.0 Å². The third-order valence-electron chi connectivity index (χ3n) is 2.01. The van der Waals surface area contributed by atoms with Crippen LogP contribution >= 0.6 is 11.6 Å². The van der Waals surface area contributed by atoms with Crippen molar-refractivity contribution in [2.24, 2.45) is 0 Å². The molecule has 1 amide bonds. The highest BCUT2D eigenvalue weighted by atomic mass is 35.5. The highest BCUT2D eigenvalue weighted by molar-refractivity contribution is 6.30. The molecule has 0 saturated heterocycles. The van der Waals surface area contributed by atoms with Crippen LogP contribution in [0.5, 0.6) is 0 Å². The van der Waals surface area contributed by atoms with E-state index in [0.29, 0.717) is 22.9 Å². The van der Waals surface area contributed by atoms with E-state index in [9.17, 15) is 9.59 Å². The minimum atomic E-state index is -0.439. The molecule has 1 aromatic carbocycles. The summed E-state index contributed by atoms with van der Waals surface area (Å²) in [6.07, 6.45) is 2.84. The molecule has 0 saturated carbocycles. The quantitative estimate of drug-likeness (QED) is 0.674. The van der Waals surface area contributed by atoms with Gasteiger partial charge in [-0.15, -0.1) is 0 Å². The van der Waals surface area contributed by atoms with Crippen molar-refractivity contribution >= 4 is 35.2 Å². The first kappa shape index (κ1) is 14.3. The van der Waals surface area contributed by atoms with Gasteiger partial charge in [-0.1, -0.05) is 11.6 Å². The highest BCUT2D eigenvalue weighted by Gasteiger charge is 2.03. The number of esters is 1. The minimum Gasteiger partial charge on any atom is -0.463 e. The first-order valence-corrected chi connectivity index (χ1v) is 5.82. The van der Waals surface area contributed by atoms with Crippen molar-refractivity contribution in [1.29, 1.82) is 0 Å². The Morgan fingerprint density at radius 1 is 1.44 bits per heavy atom. The van der Waals surface area contributed by atoms with Crippen LogP contribution in [-0.2, 0) is 14.3 Å². The molecule has 4 nitrogen and oxygen atoms in total. The van der Waals surface area contributed by atoms with Crippen LogP contribution in [0.15, 0.2) is 24.3 Å². The van der Waals surface area contributed by atoms with Crippen molar-refractivity contribution in [2.75, 3.05) is 11.9 Å². The highest BCUT2D eigenvalue weighted by Crippen LogP contribution is 2.22. The van der Waals surface area contributed by atoms with Crippen LogP contribution in [0.3, 0.4) is 0 Å².